The van der Waals surface area contributed by atoms with Crippen molar-refractivity contribution in [3.63, 3.8) is 0 Å². The van der Waals surface area contributed by atoms with Crippen molar-refractivity contribution in [2.75, 3.05) is 0 Å². The smallest absolute Gasteiger partial charge is 0.330 e. The molecule has 1 saturated heterocycles. The number of hydrogen-bond acceptors (Lipinski definition) is 6. The molecule has 1 aliphatic heterocycles. The largest absolute Gasteiger partial charge is 0.387 e. The third kappa shape index (κ3) is 2.63. The van der Waals surface area contributed by atoms with Gasteiger partial charge in [-0.1, -0.05) is 15.9 Å². The van der Waals surface area contributed by atoms with Crippen LogP contribution in [-0.2, 0) is 4.74 Å². The summed E-state index contributed by atoms with van der Waals surface area (Å²) in [6, 6.07) is 1.09. The van der Waals surface area contributed by atoms with Gasteiger partial charge in [-0.15, -0.1) is 0 Å². The Morgan fingerprint density at radius 3 is 2.70 bits per heavy atom. The quantitative estimate of drug-likeness (QED) is 0.522. The van der Waals surface area contributed by atoms with Gasteiger partial charge in [-0.05, 0) is 11.1 Å². The molecule has 20 heavy (non-hydrogen) atoms. The zero-order valence-corrected chi connectivity index (χ0v) is 11.7. The van der Waals surface area contributed by atoms with Crippen LogP contribution in [-0.4, -0.2) is 49.3 Å². The van der Waals surface area contributed by atoms with E-state index in [2.05, 4.69) is 20.9 Å². The van der Waals surface area contributed by atoms with Crippen LogP contribution in [0.15, 0.2) is 32.9 Å². The van der Waals surface area contributed by atoms with Crippen molar-refractivity contribution in [1.29, 1.82) is 0 Å². The number of halogens is 1. The van der Waals surface area contributed by atoms with E-state index in [-0.39, 0.29) is 0 Å². The maximum Gasteiger partial charge on any atom is 0.330 e. The van der Waals surface area contributed by atoms with Crippen LogP contribution >= 0.6 is 15.9 Å². The van der Waals surface area contributed by atoms with Gasteiger partial charge in [-0.3, -0.25) is 4.79 Å². The number of aliphatic hydroxyl groups is 3. The van der Waals surface area contributed by atoms with Crippen molar-refractivity contribution in [3.05, 3.63) is 44.2 Å². The Bertz CT molecular complexity index is 583. The highest BCUT2D eigenvalue weighted by atomic mass is 79.9. The Morgan fingerprint density at radius 1 is 1.40 bits per heavy atom. The lowest BCUT2D eigenvalue weighted by Crippen LogP contribution is -2.42. The first kappa shape index (κ1) is 15.1. The normalized spacial score (nSPS) is 31.8. The van der Waals surface area contributed by atoms with Crippen LogP contribution in [0.4, 0.5) is 0 Å². The number of aromatic amines is 1. The highest BCUT2D eigenvalue weighted by Crippen LogP contribution is 2.29. The van der Waals surface area contributed by atoms with Crippen molar-refractivity contribution < 1.29 is 20.1 Å². The van der Waals surface area contributed by atoms with Gasteiger partial charge in [0, 0.05) is 12.3 Å². The highest BCUT2D eigenvalue weighted by molar-refractivity contribution is 9.11. The van der Waals surface area contributed by atoms with E-state index in [0.717, 1.165) is 6.07 Å². The Kier molecular flexibility index (Phi) is 4.55. The minimum absolute atomic E-state index is 0.651. The predicted octanol–water partition coefficient (Wildman–Crippen LogP) is -1.57. The lowest BCUT2D eigenvalue weighted by Gasteiger charge is -2.17. The number of ether oxygens (including phenoxy) is 1. The first-order chi connectivity index (χ1) is 9.47. The van der Waals surface area contributed by atoms with Crippen LogP contribution < -0.4 is 11.2 Å². The lowest BCUT2D eigenvalue weighted by molar-refractivity contribution is -0.0738. The van der Waals surface area contributed by atoms with Crippen LogP contribution in [0.2, 0.25) is 0 Å². The van der Waals surface area contributed by atoms with Gasteiger partial charge in [-0.25, -0.2) is 9.36 Å². The molecule has 2 heterocycles. The number of aromatic nitrogens is 2. The fourth-order valence-corrected chi connectivity index (χ4v) is 2.35. The van der Waals surface area contributed by atoms with E-state index in [0.29, 0.717) is 4.57 Å². The summed E-state index contributed by atoms with van der Waals surface area (Å²) in [5.74, 6) is 0. The molecule has 0 aromatic carbocycles. The molecule has 0 bridgehead atoms. The van der Waals surface area contributed by atoms with Gasteiger partial charge in [0.2, 0.25) is 0 Å². The average Bonchev–Trinajstić information content (AvgIpc) is 2.68. The van der Waals surface area contributed by atoms with Crippen molar-refractivity contribution >= 4 is 15.9 Å². The SMILES string of the molecule is O=c1cc[nH]c(=O)n1[C@@H]1O[C@H](C(O)/C=C/Br)[C@@H](O)[C@@H]1O. The number of rotatable bonds is 3. The number of nitrogens with one attached hydrogen (secondary N) is 1. The molecule has 1 fully saturated rings. The first-order valence-corrected chi connectivity index (χ1v) is 6.65. The second kappa shape index (κ2) is 6.02. The predicted molar refractivity (Wildman–Crippen MR) is 71.3 cm³/mol. The summed E-state index contributed by atoms with van der Waals surface area (Å²) in [6.07, 6.45) is -4.23. The van der Waals surface area contributed by atoms with E-state index < -0.39 is 41.9 Å². The fraction of sp³-hybridized carbons (Fsp3) is 0.455. The number of aliphatic hydroxyl groups excluding tert-OH is 3. The molecule has 1 unspecified atom stereocenters. The van der Waals surface area contributed by atoms with Crippen molar-refractivity contribution in [3.8, 4) is 0 Å². The van der Waals surface area contributed by atoms with E-state index in [1.165, 1.54) is 17.3 Å². The van der Waals surface area contributed by atoms with Gasteiger partial charge < -0.3 is 25.0 Å². The molecule has 1 aromatic heterocycles. The minimum atomic E-state index is -1.51. The van der Waals surface area contributed by atoms with Gasteiger partial charge in [0.05, 0.1) is 0 Å². The van der Waals surface area contributed by atoms with Crippen molar-refractivity contribution in [2.24, 2.45) is 0 Å². The molecule has 0 amide bonds. The van der Waals surface area contributed by atoms with E-state index in [1.807, 2.05) is 0 Å². The fourth-order valence-electron chi connectivity index (χ4n) is 2.04. The second-order valence-corrected chi connectivity index (χ2v) is 4.80. The Hall–Kier alpha value is -1.26. The minimum Gasteiger partial charge on any atom is -0.387 e. The van der Waals surface area contributed by atoms with Crippen LogP contribution in [0, 0.1) is 0 Å². The average molecular weight is 349 g/mol. The first-order valence-electron chi connectivity index (χ1n) is 5.74. The number of nitrogens with zero attached hydrogens (tertiary/aromatic N) is 1. The molecule has 8 nitrogen and oxygen atoms in total. The molecule has 0 aliphatic carbocycles. The third-order valence-corrected chi connectivity index (χ3v) is 3.33. The number of H-pyrrole nitrogens is 1. The summed E-state index contributed by atoms with van der Waals surface area (Å²) >= 11 is 2.96. The summed E-state index contributed by atoms with van der Waals surface area (Å²) < 4.78 is 5.92. The van der Waals surface area contributed by atoms with E-state index in [9.17, 15) is 24.9 Å². The summed E-state index contributed by atoms with van der Waals surface area (Å²) in [5, 5.41) is 29.5. The molecule has 1 aromatic rings. The van der Waals surface area contributed by atoms with Gasteiger partial charge >= 0.3 is 5.69 Å². The third-order valence-electron chi connectivity index (χ3n) is 3.03. The van der Waals surface area contributed by atoms with Crippen molar-refractivity contribution in [2.45, 2.75) is 30.6 Å². The number of hydrogen-bond donors (Lipinski definition) is 4. The molecule has 0 saturated carbocycles. The van der Waals surface area contributed by atoms with Gasteiger partial charge in [0.25, 0.3) is 5.56 Å². The van der Waals surface area contributed by atoms with Gasteiger partial charge in [-0.2, -0.15) is 0 Å². The molecule has 5 atom stereocenters. The maximum absolute atomic E-state index is 11.7. The van der Waals surface area contributed by atoms with E-state index >= 15 is 0 Å². The topological polar surface area (TPSA) is 125 Å². The van der Waals surface area contributed by atoms with Gasteiger partial charge in [0.1, 0.15) is 24.4 Å². The second-order valence-electron chi connectivity index (χ2n) is 4.27. The van der Waals surface area contributed by atoms with Crippen molar-refractivity contribution in [1.82, 2.24) is 9.55 Å². The molecule has 9 heteroatoms. The highest BCUT2D eigenvalue weighted by Gasteiger charge is 2.47. The van der Waals surface area contributed by atoms with Crippen LogP contribution in [0.25, 0.3) is 0 Å². The van der Waals surface area contributed by atoms with Gasteiger partial charge in [0.15, 0.2) is 6.23 Å². The molecule has 0 radical (unpaired) electrons. The molecule has 1 aliphatic rings. The zero-order chi connectivity index (χ0) is 14.9. The Balaban J connectivity index is 2.36. The Labute approximate surface area is 121 Å². The molecular weight excluding hydrogens is 336 g/mol. The molecule has 0 spiro atoms. The lowest BCUT2D eigenvalue weighted by atomic mass is 10.1. The van der Waals surface area contributed by atoms with Crippen LogP contribution in [0.1, 0.15) is 6.23 Å². The maximum atomic E-state index is 11.7. The van der Waals surface area contributed by atoms with Crippen LogP contribution in [0.3, 0.4) is 0 Å². The Morgan fingerprint density at radius 2 is 2.10 bits per heavy atom. The summed E-state index contributed by atoms with van der Waals surface area (Å²) in [7, 11) is 0. The van der Waals surface area contributed by atoms with E-state index in [4.69, 9.17) is 4.74 Å². The summed E-state index contributed by atoms with van der Waals surface area (Å²) in [4.78, 5) is 26.9. The molecular formula is C11H13BrN2O6. The standard InChI is InChI=1S/C11H13BrN2O6/c12-3-1-5(15)9-7(17)8(18)10(20-9)14-6(16)2-4-13-11(14)19/h1-5,7-10,15,17-18H,(H,13,19)/b3-1+/t5?,7-,8-,9+,10+/m0/s1. The molecule has 110 valence electrons. The van der Waals surface area contributed by atoms with E-state index in [1.54, 1.807) is 0 Å². The zero-order valence-electron chi connectivity index (χ0n) is 10.1. The summed E-state index contributed by atoms with van der Waals surface area (Å²) in [5.41, 5.74) is -1.46. The monoisotopic (exact) mass is 348 g/mol. The molecule has 2 rings (SSSR count). The molecule has 4 N–H and O–H groups in total. The van der Waals surface area contributed by atoms with Crippen LogP contribution in [0.5, 0.6) is 0 Å². The summed E-state index contributed by atoms with van der Waals surface area (Å²) in [6.45, 7) is 0.